The Hall–Kier alpha value is -0.870. The Morgan fingerprint density at radius 2 is 2.15 bits per heavy atom. The van der Waals surface area contributed by atoms with Crippen LogP contribution in [0.25, 0.3) is 0 Å². The van der Waals surface area contributed by atoms with Gasteiger partial charge in [0.05, 0.1) is 11.7 Å². The van der Waals surface area contributed by atoms with E-state index < -0.39 is 0 Å². The molecule has 114 valence electrons. The molecule has 0 spiro atoms. The van der Waals surface area contributed by atoms with Crippen molar-refractivity contribution in [3.8, 4) is 0 Å². The van der Waals surface area contributed by atoms with Crippen molar-refractivity contribution in [3.63, 3.8) is 0 Å². The first-order valence-corrected chi connectivity index (χ1v) is 8.08. The molecule has 1 aliphatic rings. The molecule has 0 saturated heterocycles. The molecule has 4 nitrogen and oxygen atoms in total. The molecule has 2 rings (SSSR count). The monoisotopic (exact) mass is 278 g/mol. The summed E-state index contributed by atoms with van der Waals surface area (Å²) in [5, 5.41) is 8.23. The van der Waals surface area contributed by atoms with E-state index in [1.807, 2.05) is 0 Å². The molecule has 1 aromatic heterocycles. The van der Waals surface area contributed by atoms with Gasteiger partial charge < -0.3 is 5.32 Å². The first kappa shape index (κ1) is 15.5. The molecule has 4 heteroatoms. The molecule has 0 bridgehead atoms. The number of rotatable bonds is 8. The zero-order valence-electron chi connectivity index (χ0n) is 13.3. The average Bonchev–Trinajstić information content (AvgIpc) is 3.04. The summed E-state index contributed by atoms with van der Waals surface area (Å²) in [5.41, 5.74) is 1.20. The van der Waals surface area contributed by atoms with Crippen LogP contribution in [0.5, 0.6) is 0 Å². The largest absolute Gasteiger partial charge is 0.315 e. The fourth-order valence-corrected chi connectivity index (χ4v) is 2.85. The van der Waals surface area contributed by atoms with Crippen LogP contribution in [0.1, 0.15) is 51.3 Å². The quantitative estimate of drug-likeness (QED) is 0.742. The zero-order chi connectivity index (χ0) is 14.4. The average molecular weight is 278 g/mol. The maximum absolute atomic E-state index is 4.74. The molecule has 1 saturated carbocycles. The van der Waals surface area contributed by atoms with E-state index in [1.54, 1.807) is 0 Å². The normalized spacial score (nSPS) is 16.6. The highest BCUT2D eigenvalue weighted by molar-refractivity contribution is 5.00. The van der Waals surface area contributed by atoms with Crippen LogP contribution in [-0.4, -0.2) is 41.4 Å². The third-order valence-electron chi connectivity index (χ3n) is 4.02. The predicted octanol–water partition coefficient (Wildman–Crippen LogP) is 2.68. The van der Waals surface area contributed by atoms with Gasteiger partial charge in [-0.15, -0.1) is 0 Å². The van der Waals surface area contributed by atoms with Gasteiger partial charge in [0.25, 0.3) is 0 Å². The lowest BCUT2D eigenvalue weighted by Crippen LogP contribution is -2.31. The lowest BCUT2D eigenvalue weighted by atomic mass is 10.2. The van der Waals surface area contributed by atoms with Crippen LogP contribution in [0.3, 0.4) is 0 Å². The molecule has 0 unspecified atom stereocenters. The van der Waals surface area contributed by atoms with Crippen LogP contribution >= 0.6 is 0 Å². The highest BCUT2D eigenvalue weighted by atomic mass is 15.3. The Morgan fingerprint density at radius 1 is 1.40 bits per heavy atom. The summed E-state index contributed by atoms with van der Waals surface area (Å²) in [6, 6.07) is 2.83. The van der Waals surface area contributed by atoms with E-state index in [0.717, 1.165) is 32.1 Å². The van der Waals surface area contributed by atoms with Gasteiger partial charge in [-0.1, -0.05) is 26.7 Å². The van der Waals surface area contributed by atoms with E-state index in [9.17, 15) is 0 Å². The smallest absolute Gasteiger partial charge is 0.0764 e. The molecule has 0 atom stereocenters. The van der Waals surface area contributed by atoms with Crippen LogP contribution in [0.15, 0.2) is 12.3 Å². The van der Waals surface area contributed by atoms with Crippen molar-refractivity contribution < 1.29 is 0 Å². The summed E-state index contributed by atoms with van der Waals surface area (Å²) in [6.07, 6.45) is 7.49. The molecule has 1 aromatic rings. The van der Waals surface area contributed by atoms with E-state index in [2.05, 4.69) is 48.1 Å². The van der Waals surface area contributed by atoms with Gasteiger partial charge in [0.15, 0.2) is 0 Å². The number of hydrogen-bond donors (Lipinski definition) is 1. The van der Waals surface area contributed by atoms with Gasteiger partial charge in [-0.3, -0.25) is 9.58 Å². The number of nitrogens with one attached hydrogen (secondary N) is 1. The Balaban J connectivity index is 1.69. The van der Waals surface area contributed by atoms with Crippen LogP contribution in [0.2, 0.25) is 0 Å². The van der Waals surface area contributed by atoms with Gasteiger partial charge in [0, 0.05) is 25.8 Å². The van der Waals surface area contributed by atoms with E-state index in [1.165, 1.54) is 31.4 Å². The molecule has 0 aliphatic heterocycles. The number of hydrogen-bond acceptors (Lipinski definition) is 3. The van der Waals surface area contributed by atoms with Crippen molar-refractivity contribution in [3.05, 3.63) is 18.0 Å². The van der Waals surface area contributed by atoms with Crippen LogP contribution in [0, 0.1) is 5.92 Å². The number of aromatic nitrogens is 2. The van der Waals surface area contributed by atoms with Crippen LogP contribution in [0.4, 0.5) is 0 Å². The van der Waals surface area contributed by atoms with Gasteiger partial charge in [-0.05, 0) is 38.4 Å². The molecule has 0 radical (unpaired) electrons. The molecule has 0 amide bonds. The molecular weight excluding hydrogens is 248 g/mol. The maximum Gasteiger partial charge on any atom is 0.0764 e. The lowest BCUT2D eigenvalue weighted by molar-refractivity contribution is 0.315. The van der Waals surface area contributed by atoms with Crippen molar-refractivity contribution >= 4 is 0 Å². The molecule has 1 N–H and O–H groups in total. The predicted molar refractivity (Wildman–Crippen MR) is 83.8 cm³/mol. The molecule has 1 heterocycles. The summed E-state index contributed by atoms with van der Waals surface area (Å²) < 4.78 is 2.19. The number of nitrogens with zero attached hydrogens (tertiary/aromatic N) is 3. The SMILES string of the molecule is CC(C)CNCCN(C)Cc1ccn(C2CCCC2)n1. The van der Waals surface area contributed by atoms with E-state index in [0.29, 0.717) is 6.04 Å². The lowest BCUT2D eigenvalue weighted by Gasteiger charge is -2.16. The van der Waals surface area contributed by atoms with Crippen LogP contribution in [-0.2, 0) is 6.54 Å². The first-order chi connectivity index (χ1) is 9.65. The van der Waals surface area contributed by atoms with Crippen LogP contribution < -0.4 is 5.32 Å². The standard InChI is InChI=1S/C16H30N4/c1-14(2)12-17-9-11-19(3)13-15-8-10-20(18-15)16-6-4-5-7-16/h8,10,14,16-17H,4-7,9,11-13H2,1-3H3. The van der Waals surface area contributed by atoms with Gasteiger partial charge in [0.1, 0.15) is 0 Å². The second kappa shape index (κ2) is 7.79. The minimum Gasteiger partial charge on any atom is -0.315 e. The highest BCUT2D eigenvalue weighted by Gasteiger charge is 2.17. The summed E-state index contributed by atoms with van der Waals surface area (Å²) in [5.74, 6) is 0.724. The fourth-order valence-electron chi connectivity index (χ4n) is 2.85. The summed E-state index contributed by atoms with van der Waals surface area (Å²) in [7, 11) is 2.17. The Labute approximate surface area is 123 Å². The van der Waals surface area contributed by atoms with Gasteiger partial charge in [-0.2, -0.15) is 5.10 Å². The minimum absolute atomic E-state index is 0.654. The van der Waals surface area contributed by atoms with Crippen molar-refractivity contribution in [1.82, 2.24) is 20.0 Å². The summed E-state index contributed by atoms with van der Waals surface area (Å²) >= 11 is 0. The Morgan fingerprint density at radius 3 is 2.85 bits per heavy atom. The third-order valence-corrected chi connectivity index (χ3v) is 4.02. The molecule has 1 aliphatic carbocycles. The first-order valence-electron chi connectivity index (χ1n) is 8.08. The molecular formula is C16H30N4. The van der Waals surface area contributed by atoms with E-state index in [4.69, 9.17) is 5.10 Å². The Bertz CT molecular complexity index is 380. The van der Waals surface area contributed by atoms with Gasteiger partial charge >= 0.3 is 0 Å². The fraction of sp³-hybridized carbons (Fsp3) is 0.812. The van der Waals surface area contributed by atoms with Gasteiger partial charge in [0.2, 0.25) is 0 Å². The van der Waals surface area contributed by atoms with Crippen molar-refractivity contribution in [1.29, 1.82) is 0 Å². The molecule has 20 heavy (non-hydrogen) atoms. The Kier molecular flexibility index (Phi) is 6.05. The zero-order valence-corrected chi connectivity index (χ0v) is 13.3. The molecule has 0 aromatic carbocycles. The van der Waals surface area contributed by atoms with E-state index >= 15 is 0 Å². The van der Waals surface area contributed by atoms with Crippen molar-refractivity contribution in [2.75, 3.05) is 26.7 Å². The third kappa shape index (κ3) is 4.91. The highest BCUT2D eigenvalue weighted by Crippen LogP contribution is 2.28. The summed E-state index contributed by atoms with van der Waals surface area (Å²) in [6.45, 7) is 8.66. The van der Waals surface area contributed by atoms with Crippen molar-refractivity contribution in [2.24, 2.45) is 5.92 Å². The minimum atomic E-state index is 0.654. The van der Waals surface area contributed by atoms with Gasteiger partial charge in [-0.25, -0.2) is 0 Å². The second-order valence-electron chi connectivity index (χ2n) is 6.56. The van der Waals surface area contributed by atoms with Crippen molar-refractivity contribution in [2.45, 2.75) is 52.1 Å². The topological polar surface area (TPSA) is 33.1 Å². The summed E-state index contributed by atoms with van der Waals surface area (Å²) in [4.78, 5) is 2.34. The number of likely N-dealkylation sites (N-methyl/N-ethyl adjacent to an activating group) is 1. The maximum atomic E-state index is 4.74. The van der Waals surface area contributed by atoms with E-state index in [-0.39, 0.29) is 0 Å². The molecule has 1 fully saturated rings. The second-order valence-corrected chi connectivity index (χ2v) is 6.56.